The van der Waals surface area contributed by atoms with E-state index in [4.69, 9.17) is 0 Å². The molecule has 5 nitrogen and oxygen atoms in total. The van der Waals surface area contributed by atoms with Gasteiger partial charge < -0.3 is 15.3 Å². The molecule has 3 fully saturated rings. The molecule has 0 spiro atoms. The molecule has 0 aromatic carbocycles. The molecule has 2 amide bonds. The van der Waals surface area contributed by atoms with Crippen LogP contribution in [0.2, 0.25) is 0 Å². The van der Waals surface area contributed by atoms with Crippen molar-refractivity contribution in [1.29, 1.82) is 0 Å². The number of fused-ring (bicyclic) bond motifs is 2. The van der Waals surface area contributed by atoms with Crippen molar-refractivity contribution in [2.75, 3.05) is 7.05 Å². The summed E-state index contributed by atoms with van der Waals surface area (Å²) in [4.78, 5) is 25.3. The van der Waals surface area contributed by atoms with Crippen LogP contribution in [-0.4, -0.2) is 41.1 Å². The Morgan fingerprint density at radius 3 is 2.42 bits per heavy atom. The topological polar surface area (TPSA) is 69.6 Å². The molecule has 3 aliphatic rings. The Morgan fingerprint density at radius 2 is 1.84 bits per heavy atom. The molecule has 2 N–H and O–H groups in total. The van der Waals surface area contributed by atoms with E-state index in [-0.39, 0.29) is 23.9 Å². The van der Waals surface area contributed by atoms with E-state index in [1.54, 1.807) is 4.90 Å². The third-order valence-electron chi connectivity index (χ3n) is 5.43. The number of rotatable bonds is 3. The third kappa shape index (κ3) is 2.09. The smallest absolute Gasteiger partial charge is 0.317 e. The van der Waals surface area contributed by atoms with E-state index in [0.717, 1.165) is 32.1 Å². The Balaban J connectivity index is 1.64. The molecule has 5 heteroatoms. The summed E-state index contributed by atoms with van der Waals surface area (Å²) in [6.07, 6.45) is 6.37. The summed E-state index contributed by atoms with van der Waals surface area (Å²) in [6, 6.07) is 0.0987. The van der Waals surface area contributed by atoms with E-state index in [0.29, 0.717) is 12.0 Å². The molecule has 0 heterocycles. The summed E-state index contributed by atoms with van der Waals surface area (Å²) >= 11 is 0. The van der Waals surface area contributed by atoms with Gasteiger partial charge in [0.25, 0.3) is 0 Å². The summed E-state index contributed by atoms with van der Waals surface area (Å²) in [7, 11) is 1.82. The largest absolute Gasteiger partial charge is 0.481 e. The highest BCUT2D eigenvalue weighted by Crippen LogP contribution is 2.48. The second-order valence-corrected chi connectivity index (χ2v) is 6.37. The Morgan fingerprint density at radius 1 is 1.16 bits per heavy atom. The first-order valence-corrected chi connectivity index (χ1v) is 7.34. The number of carboxylic acids is 1. The lowest BCUT2D eigenvalue weighted by molar-refractivity contribution is -0.144. The van der Waals surface area contributed by atoms with E-state index in [1.807, 2.05) is 7.05 Å². The van der Waals surface area contributed by atoms with Crippen molar-refractivity contribution in [3.8, 4) is 0 Å². The molecule has 0 saturated heterocycles. The highest BCUT2D eigenvalue weighted by molar-refractivity contribution is 5.77. The lowest BCUT2D eigenvalue weighted by Gasteiger charge is -2.37. The van der Waals surface area contributed by atoms with Crippen molar-refractivity contribution >= 4 is 12.0 Å². The molecule has 0 aliphatic heterocycles. The number of aliphatic carboxylic acids is 1. The van der Waals surface area contributed by atoms with Gasteiger partial charge in [0, 0.05) is 19.1 Å². The van der Waals surface area contributed by atoms with Crippen molar-refractivity contribution in [3.05, 3.63) is 0 Å². The molecular weight excluding hydrogens is 244 g/mol. The van der Waals surface area contributed by atoms with Gasteiger partial charge in [-0.05, 0) is 50.4 Å². The number of nitrogens with zero attached hydrogens (tertiary/aromatic N) is 1. The van der Waals surface area contributed by atoms with Crippen molar-refractivity contribution in [2.45, 2.75) is 50.6 Å². The van der Waals surface area contributed by atoms with Crippen molar-refractivity contribution in [1.82, 2.24) is 10.2 Å². The molecule has 3 aliphatic carbocycles. The minimum absolute atomic E-state index is 0.0894. The predicted molar refractivity (Wildman–Crippen MR) is 69.7 cm³/mol. The van der Waals surface area contributed by atoms with Crippen LogP contribution in [0.25, 0.3) is 0 Å². The van der Waals surface area contributed by atoms with Gasteiger partial charge in [0.05, 0.1) is 5.92 Å². The molecule has 4 unspecified atom stereocenters. The molecule has 4 atom stereocenters. The van der Waals surface area contributed by atoms with E-state index in [1.165, 1.54) is 6.42 Å². The van der Waals surface area contributed by atoms with Crippen LogP contribution in [0.15, 0.2) is 0 Å². The van der Waals surface area contributed by atoms with Crippen LogP contribution in [0.3, 0.4) is 0 Å². The molecule has 2 bridgehead atoms. The number of urea groups is 1. The Kier molecular flexibility index (Phi) is 3.15. The van der Waals surface area contributed by atoms with Gasteiger partial charge in [-0.1, -0.05) is 0 Å². The summed E-state index contributed by atoms with van der Waals surface area (Å²) < 4.78 is 0. The maximum atomic E-state index is 12.2. The van der Waals surface area contributed by atoms with Crippen molar-refractivity contribution < 1.29 is 14.7 Å². The monoisotopic (exact) mass is 266 g/mol. The number of carboxylic acid groups (broad SMARTS) is 1. The van der Waals surface area contributed by atoms with Gasteiger partial charge in [0.15, 0.2) is 0 Å². The average Bonchev–Trinajstić information content (AvgIpc) is 2.86. The first-order valence-electron chi connectivity index (χ1n) is 7.34. The molecular formula is C14H22N2O3. The summed E-state index contributed by atoms with van der Waals surface area (Å²) in [5.41, 5.74) is 0. The van der Waals surface area contributed by atoms with E-state index < -0.39 is 5.97 Å². The highest BCUT2D eigenvalue weighted by Gasteiger charge is 2.51. The van der Waals surface area contributed by atoms with Crippen LogP contribution in [0.5, 0.6) is 0 Å². The SMILES string of the molecule is CN(C(=O)NC1C2CCC(C2)C1C(=O)O)C1CCC1. The number of carbonyl (C=O) groups is 2. The maximum Gasteiger partial charge on any atom is 0.317 e. The van der Waals surface area contributed by atoms with Crippen LogP contribution >= 0.6 is 0 Å². The lowest BCUT2D eigenvalue weighted by atomic mass is 9.84. The standard InChI is InChI=1S/C14H22N2O3/c1-16(10-3-2-4-10)14(19)15-12-9-6-5-8(7-9)11(12)13(17)18/h8-12H,2-7H2,1H3,(H,15,19)(H,17,18). The Bertz CT molecular complexity index is 394. The molecule has 3 rings (SSSR count). The molecule has 106 valence electrons. The fraction of sp³-hybridized carbons (Fsp3) is 0.857. The van der Waals surface area contributed by atoms with Gasteiger partial charge in [-0.3, -0.25) is 4.79 Å². The minimum atomic E-state index is -0.746. The van der Waals surface area contributed by atoms with Gasteiger partial charge in [0.2, 0.25) is 0 Å². The summed E-state index contributed by atoms with van der Waals surface area (Å²) in [6.45, 7) is 0. The van der Waals surface area contributed by atoms with Crippen molar-refractivity contribution in [2.24, 2.45) is 17.8 Å². The normalized spacial score (nSPS) is 36.9. The second-order valence-electron chi connectivity index (χ2n) is 6.37. The number of amides is 2. The van der Waals surface area contributed by atoms with Gasteiger partial charge in [-0.25, -0.2) is 4.79 Å². The first kappa shape index (κ1) is 12.8. The highest BCUT2D eigenvalue weighted by atomic mass is 16.4. The maximum absolute atomic E-state index is 12.2. The second kappa shape index (κ2) is 4.69. The number of hydrogen-bond donors (Lipinski definition) is 2. The van der Waals surface area contributed by atoms with Gasteiger partial charge >= 0.3 is 12.0 Å². The van der Waals surface area contributed by atoms with Crippen LogP contribution in [0.4, 0.5) is 4.79 Å². The lowest BCUT2D eigenvalue weighted by Crippen LogP contribution is -2.53. The van der Waals surface area contributed by atoms with E-state index in [2.05, 4.69) is 5.32 Å². The van der Waals surface area contributed by atoms with E-state index in [9.17, 15) is 14.7 Å². The number of hydrogen-bond acceptors (Lipinski definition) is 2. The van der Waals surface area contributed by atoms with Crippen LogP contribution < -0.4 is 5.32 Å². The fourth-order valence-electron chi connectivity index (χ4n) is 4.04. The average molecular weight is 266 g/mol. The zero-order chi connectivity index (χ0) is 13.6. The van der Waals surface area contributed by atoms with E-state index >= 15 is 0 Å². The van der Waals surface area contributed by atoms with Crippen LogP contribution in [0, 0.1) is 17.8 Å². The quantitative estimate of drug-likeness (QED) is 0.816. The fourth-order valence-corrected chi connectivity index (χ4v) is 4.04. The molecule has 0 radical (unpaired) electrons. The minimum Gasteiger partial charge on any atom is -0.481 e. The Hall–Kier alpha value is -1.26. The number of carbonyl (C=O) groups excluding carboxylic acids is 1. The molecule has 0 aromatic heterocycles. The zero-order valence-electron chi connectivity index (χ0n) is 11.3. The molecule has 0 aromatic rings. The Labute approximate surface area is 113 Å². The summed E-state index contributed by atoms with van der Waals surface area (Å²) in [5, 5.41) is 12.4. The molecule has 3 saturated carbocycles. The van der Waals surface area contributed by atoms with Crippen molar-refractivity contribution in [3.63, 3.8) is 0 Å². The zero-order valence-corrected chi connectivity index (χ0v) is 11.3. The van der Waals surface area contributed by atoms with Crippen LogP contribution in [0.1, 0.15) is 38.5 Å². The predicted octanol–water partition coefficient (Wildman–Crippen LogP) is 1.68. The number of nitrogens with one attached hydrogen (secondary N) is 1. The molecule has 19 heavy (non-hydrogen) atoms. The van der Waals surface area contributed by atoms with Crippen LogP contribution in [-0.2, 0) is 4.79 Å². The van der Waals surface area contributed by atoms with Gasteiger partial charge in [0.1, 0.15) is 0 Å². The first-order chi connectivity index (χ1) is 9.08. The summed E-state index contributed by atoms with van der Waals surface area (Å²) in [5.74, 6) is -0.493. The third-order valence-corrected chi connectivity index (χ3v) is 5.43. The van der Waals surface area contributed by atoms with Gasteiger partial charge in [-0.2, -0.15) is 0 Å². The van der Waals surface area contributed by atoms with Gasteiger partial charge in [-0.15, -0.1) is 0 Å².